The zero-order valence-corrected chi connectivity index (χ0v) is 15.7. The largest absolute Gasteiger partial charge is 0.462 e. The predicted octanol–water partition coefficient (Wildman–Crippen LogP) is 2.44. The molecule has 4 rings (SSSR count). The summed E-state index contributed by atoms with van der Waals surface area (Å²) < 4.78 is 15.8. The Bertz CT molecular complexity index is 971. The van der Waals surface area contributed by atoms with Gasteiger partial charge in [-0.2, -0.15) is 0 Å². The molecule has 1 amide bonds. The van der Waals surface area contributed by atoms with E-state index in [0.29, 0.717) is 29.5 Å². The van der Waals surface area contributed by atoms with Gasteiger partial charge in [0.05, 0.1) is 18.2 Å². The van der Waals surface area contributed by atoms with E-state index in [1.807, 2.05) is 43.4 Å². The van der Waals surface area contributed by atoms with Gasteiger partial charge in [0, 0.05) is 12.2 Å². The van der Waals surface area contributed by atoms with Crippen LogP contribution in [-0.2, 0) is 20.9 Å². The second-order valence-electron chi connectivity index (χ2n) is 6.61. The minimum Gasteiger partial charge on any atom is -0.462 e. The lowest BCUT2D eigenvalue weighted by Gasteiger charge is -2.27. The van der Waals surface area contributed by atoms with Crippen molar-refractivity contribution in [3.8, 4) is 11.5 Å². The van der Waals surface area contributed by atoms with Crippen molar-refractivity contribution in [1.82, 2.24) is 5.32 Å². The van der Waals surface area contributed by atoms with E-state index < -0.39 is 11.9 Å². The lowest BCUT2D eigenvalue weighted by Crippen LogP contribution is -2.35. The van der Waals surface area contributed by atoms with E-state index in [9.17, 15) is 9.59 Å². The lowest BCUT2D eigenvalue weighted by molar-refractivity contribution is -0.140. The number of nitrogens with zero attached hydrogens (tertiary/aromatic N) is 1. The van der Waals surface area contributed by atoms with Crippen LogP contribution in [0.5, 0.6) is 11.5 Å². The molecule has 0 radical (unpaired) electrons. The van der Waals surface area contributed by atoms with Gasteiger partial charge < -0.3 is 19.5 Å². The molecule has 144 valence electrons. The highest BCUT2D eigenvalue weighted by atomic mass is 16.7. The molecular weight excluding hydrogens is 360 g/mol. The van der Waals surface area contributed by atoms with E-state index in [1.165, 1.54) is 0 Å². The number of rotatable bonds is 5. The summed E-state index contributed by atoms with van der Waals surface area (Å²) in [7, 11) is 0. The predicted molar refractivity (Wildman–Crippen MR) is 102 cm³/mol. The number of aliphatic imine (C=N–C) groups is 1. The van der Waals surface area contributed by atoms with Gasteiger partial charge in [-0.1, -0.05) is 23.8 Å². The van der Waals surface area contributed by atoms with E-state index in [-0.39, 0.29) is 24.9 Å². The Kier molecular flexibility index (Phi) is 4.73. The molecule has 0 spiro atoms. The number of dihydropyridines is 1. The highest BCUT2D eigenvalue weighted by Gasteiger charge is 2.35. The maximum Gasteiger partial charge on any atom is 0.345 e. The van der Waals surface area contributed by atoms with Gasteiger partial charge >= 0.3 is 5.97 Å². The molecule has 1 unspecified atom stereocenters. The summed E-state index contributed by atoms with van der Waals surface area (Å²) in [6.45, 7) is 4.46. The van der Waals surface area contributed by atoms with Crippen LogP contribution in [0.1, 0.15) is 19.4 Å². The number of hydrogen-bond acceptors (Lipinski definition) is 6. The van der Waals surface area contributed by atoms with E-state index in [1.54, 1.807) is 6.92 Å². The van der Waals surface area contributed by atoms with Crippen LogP contribution in [0.4, 0.5) is 0 Å². The van der Waals surface area contributed by atoms with Crippen LogP contribution >= 0.6 is 0 Å². The average molecular weight is 380 g/mol. The Morgan fingerprint density at radius 1 is 1.29 bits per heavy atom. The van der Waals surface area contributed by atoms with Crippen LogP contribution in [-0.4, -0.2) is 31.0 Å². The molecule has 2 heterocycles. The molecule has 2 aliphatic heterocycles. The molecule has 0 bridgehead atoms. The fraction of sp³-hybridized carbons (Fsp3) is 0.286. The second-order valence-corrected chi connectivity index (χ2v) is 6.61. The molecule has 28 heavy (non-hydrogen) atoms. The molecule has 1 aromatic rings. The topological polar surface area (TPSA) is 86.2 Å². The van der Waals surface area contributed by atoms with Crippen LogP contribution in [0.25, 0.3) is 0 Å². The Labute approximate surface area is 162 Å². The maximum absolute atomic E-state index is 12.5. The molecule has 7 heteroatoms. The van der Waals surface area contributed by atoms with E-state index in [4.69, 9.17) is 14.2 Å². The van der Waals surface area contributed by atoms with Gasteiger partial charge in [0.2, 0.25) is 6.79 Å². The summed E-state index contributed by atoms with van der Waals surface area (Å²) in [6, 6.07) is 5.63. The Morgan fingerprint density at radius 3 is 2.93 bits per heavy atom. The summed E-state index contributed by atoms with van der Waals surface area (Å²) in [4.78, 5) is 29.1. The van der Waals surface area contributed by atoms with Crippen LogP contribution in [0.2, 0.25) is 0 Å². The number of carbonyl (C=O) groups is 2. The van der Waals surface area contributed by atoms with Gasteiger partial charge in [-0.3, -0.25) is 4.79 Å². The quantitative estimate of drug-likeness (QED) is 0.624. The molecule has 0 saturated heterocycles. The zero-order chi connectivity index (χ0) is 19.7. The minimum absolute atomic E-state index is 0.0457. The highest BCUT2D eigenvalue weighted by molar-refractivity contribution is 6.24. The smallest absolute Gasteiger partial charge is 0.345 e. The Morgan fingerprint density at radius 2 is 2.11 bits per heavy atom. The van der Waals surface area contributed by atoms with Crippen molar-refractivity contribution in [2.75, 3.05) is 13.4 Å². The van der Waals surface area contributed by atoms with E-state index in [0.717, 1.165) is 11.1 Å². The number of hydrogen-bond donors (Lipinski definition) is 1. The van der Waals surface area contributed by atoms with Gasteiger partial charge in [-0.15, -0.1) is 0 Å². The molecule has 0 aromatic heterocycles. The molecule has 0 fully saturated rings. The third-order valence-corrected chi connectivity index (χ3v) is 4.69. The Balaban J connectivity index is 1.66. The maximum atomic E-state index is 12.5. The number of amides is 1. The lowest BCUT2D eigenvalue weighted by atomic mass is 9.86. The van der Waals surface area contributed by atoms with Crippen molar-refractivity contribution in [1.29, 1.82) is 0 Å². The van der Waals surface area contributed by atoms with E-state index >= 15 is 0 Å². The second kappa shape index (κ2) is 7.34. The van der Waals surface area contributed by atoms with Crippen LogP contribution in [0, 0.1) is 5.92 Å². The minimum atomic E-state index is -0.663. The first-order valence-corrected chi connectivity index (χ1v) is 9.10. The van der Waals surface area contributed by atoms with Gasteiger partial charge in [-0.25, -0.2) is 9.79 Å². The van der Waals surface area contributed by atoms with Gasteiger partial charge in [-0.05, 0) is 37.6 Å². The number of carbonyl (C=O) groups excluding carboxylic acids is 2. The van der Waals surface area contributed by atoms with Crippen molar-refractivity contribution < 1.29 is 23.8 Å². The summed E-state index contributed by atoms with van der Waals surface area (Å²) in [5.41, 5.74) is 3.04. The molecule has 0 saturated carbocycles. The number of benzene rings is 1. The first-order valence-electron chi connectivity index (χ1n) is 9.10. The molecule has 7 nitrogen and oxygen atoms in total. The van der Waals surface area contributed by atoms with Crippen molar-refractivity contribution in [3.63, 3.8) is 0 Å². The summed E-state index contributed by atoms with van der Waals surface area (Å²) in [5.74, 6) is -0.165. The molecule has 1 N–H and O–H groups in total. The summed E-state index contributed by atoms with van der Waals surface area (Å²) >= 11 is 0. The van der Waals surface area contributed by atoms with Crippen LogP contribution in [0.15, 0.2) is 58.3 Å². The number of ether oxygens (including phenoxy) is 3. The van der Waals surface area contributed by atoms with Crippen molar-refractivity contribution in [2.45, 2.75) is 20.4 Å². The monoisotopic (exact) mass is 380 g/mol. The van der Waals surface area contributed by atoms with Crippen molar-refractivity contribution >= 4 is 17.6 Å². The third-order valence-electron chi connectivity index (χ3n) is 4.69. The molecule has 1 aliphatic carbocycles. The Hall–Kier alpha value is -3.35. The highest BCUT2D eigenvalue weighted by Crippen LogP contribution is 2.33. The summed E-state index contributed by atoms with van der Waals surface area (Å²) in [6.07, 6.45) is 5.68. The molecule has 3 aliphatic rings. The fourth-order valence-electron chi connectivity index (χ4n) is 3.35. The number of fused-ring (bicyclic) bond motifs is 2. The molecule has 1 atom stereocenters. The van der Waals surface area contributed by atoms with Crippen molar-refractivity contribution in [3.05, 3.63) is 58.8 Å². The first kappa shape index (κ1) is 18.0. The average Bonchev–Trinajstić information content (AvgIpc) is 3.14. The van der Waals surface area contributed by atoms with Crippen LogP contribution < -0.4 is 14.8 Å². The van der Waals surface area contributed by atoms with Gasteiger partial charge in [0.1, 0.15) is 5.57 Å². The zero-order valence-electron chi connectivity index (χ0n) is 15.7. The number of allylic oxidation sites excluding steroid dienone is 4. The number of esters is 1. The number of nitrogens with one attached hydrogen (secondary N) is 1. The first-order chi connectivity index (χ1) is 13.6. The third kappa shape index (κ3) is 3.31. The summed E-state index contributed by atoms with van der Waals surface area (Å²) in [5, 5.41) is 3.27. The standard InChI is InChI=1S/C21H20N2O5/c1-3-26-21(25)18-19(14-8-12(2)4-6-15(14)23-20(18)24)22-10-13-5-7-16-17(9-13)28-11-27-16/h4-9,14,22H,3,10-11H2,1-2H3. The SMILES string of the molecule is CCOC(=O)C1=C(NCc2ccc3c(c2)OCO3)C2C=C(C)C=CC2=NC1=O. The van der Waals surface area contributed by atoms with Gasteiger partial charge in [0.15, 0.2) is 11.5 Å². The van der Waals surface area contributed by atoms with Crippen LogP contribution in [0.3, 0.4) is 0 Å². The normalized spacial score (nSPS) is 19.8. The molecule has 1 aromatic carbocycles. The fourth-order valence-corrected chi connectivity index (χ4v) is 3.35. The van der Waals surface area contributed by atoms with E-state index in [2.05, 4.69) is 10.3 Å². The van der Waals surface area contributed by atoms with Crippen molar-refractivity contribution in [2.24, 2.45) is 10.9 Å². The van der Waals surface area contributed by atoms with Gasteiger partial charge in [0.25, 0.3) is 5.91 Å². The molecular formula is C21H20N2O5.